The second kappa shape index (κ2) is 9.95. The molecule has 1 aliphatic carbocycles. The van der Waals surface area contributed by atoms with Crippen molar-refractivity contribution in [2.24, 2.45) is 0 Å². The predicted molar refractivity (Wildman–Crippen MR) is 137 cm³/mol. The third-order valence-corrected chi connectivity index (χ3v) is 12.9. The Morgan fingerprint density at radius 2 is 1.75 bits per heavy atom. The summed E-state index contributed by atoms with van der Waals surface area (Å²) in [6.45, 7) is 15.1. The van der Waals surface area contributed by atoms with E-state index in [0.29, 0.717) is 24.8 Å². The molecule has 1 saturated carbocycles. The SMILES string of the molecule is C=C1C(=CCc2ccccc2[P+](=O)c2ccccc2)C[C@@H](O[Si](C)(C)C(C)(C)C)C[C@@H]1F. The van der Waals surface area contributed by atoms with Crippen LogP contribution in [-0.4, -0.2) is 20.6 Å². The van der Waals surface area contributed by atoms with Gasteiger partial charge in [-0.1, -0.05) is 74.4 Å². The van der Waals surface area contributed by atoms with Crippen LogP contribution in [0.2, 0.25) is 18.1 Å². The predicted octanol–water partition coefficient (Wildman–Crippen LogP) is 7.01. The van der Waals surface area contributed by atoms with Crippen molar-refractivity contribution in [2.75, 3.05) is 0 Å². The minimum atomic E-state index is -1.98. The molecule has 1 aliphatic rings. The zero-order valence-electron chi connectivity index (χ0n) is 19.9. The van der Waals surface area contributed by atoms with E-state index in [0.717, 1.165) is 21.7 Å². The number of allylic oxidation sites excluding steroid dienone is 2. The van der Waals surface area contributed by atoms with Crippen LogP contribution in [0.4, 0.5) is 4.39 Å². The maximum Gasteiger partial charge on any atom is 0.415 e. The smallest absolute Gasteiger partial charge is 0.413 e. The third-order valence-electron chi connectivity index (χ3n) is 6.74. The normalized spacial score (nSPS) is 21.6. The summed E-state index contributed by atoms with van der Waals surface area (Å²) in [7, 11) is -3.66. The molecule has 0 N–H and O–H groups in total. The van der Waals surface area contributed by atoms with Crippen LogP contribution in [0.15, 0.2) is 78.4 Å². The third kappa shape index (κ3) is 5.73. The van der Waals surface area contributed by atoms with Crippen molar-refractivity contribution in [3.05, 3.63) is 84.0 Å². The molecule has 0 bridgehead atoms. The zero-order valence-corrected chi connectivity index (χ0v) is 21.8. The Kier molecular flexibility index (Phi) is 7.70. The summed E-state index contributed by atoms with van der Waals surface area (Å²) < 4.78 is 34.6. The van der Waals surface area contributed by atoms with Crippen molar-refractivity contribution in [2.45, 2.75) is 70.4 Å². The number of rotatable bonds is 6. The summed E-state index contributed by atoms with van der Waals surface area (Å²) in [5, 5.41) is 1.73. The van der Waals surface area contributed by atoms with Gasteiger partial charge in [-0.3, -0.25) is 0 Å². The fourth-order valence-corrected chi connectivity index (χ4v) is 6.48. The fraction of sp³-hybridized carbons (Fsp3) is 0.407. The van der Waals surface area contributed by atoms with Crippen LogP contribution in [0, 0.1) is 0 Å². The summed E-state index contributed by atoms with van der Waals surface area (Å²) in [6, 6.07) is 17.3. The quantitative estimate of drug-likeness (QED) is 0.336. The number of halogens is 1. The van der Waals surface area contributed by atoms with E-state index in [-0.39, 0.29) is 11.1 Å². The molecule has 5 heteroatoms. The van der Waals surface area contributed by atoms with Crippen LogP contribution in [0.25, 0.3) is 0 Å². The molecule has 2 aromatic rings. The van der Waals surface area contributed by atoms with Crippen LogP contribution in [0.1, 0.15) is 39.2 Å². The topological polar surface area (TPSA) is 26.3 Å². The van der Waals surface area contributed by atoms with Gasteiger partial charge in [-0.05, 0) is 60.3 Å². The van der Waals surface area contributed by atoms with Crippen molar-refractivity contribution in [3.8, 4) is 0 Å². The first-order valence-electron chi connectivity index (χ1n) is 11.3. The summed E-state index contributed by atoms with van der Waals surface area (Å²) in [6.07, 6.45) is 2.50. The first-order chi connectivity index (χ1) is 15.0. The largest absolute Gasteiger partial charge is 0.415 e. The minimum absolute atomic E-state index is 0.0822. The molecule has 0 aromatic heterocycles. The Morgan fingerprint density at radius 3 is 2.41 bits per heavy atom. The Morgan fingerprint density at radius 1 is 1.12 bits per heavy atom. The van der Waals surface area contributed by atoms with Gasteiger partial charge in [0, 0.05) is 12.0 Å². The zero-order chi connectivity index (χ0) is 23.5. The molecule has 3 atom stereocenters. The average molecular weight is 470 g/mol. The molecule has 0 spiro atoms. The highest BCUT2D eigenvalue weighted by molar-refractivity contribution is 7.61. The maximum absolute atomic E-state index is 14.9. The molecule has 2 nitrogen and oxygen atoms in total. The molecule has 0 radical (unpaired) electrons. The monoisotopic (exact) mass is 469 g/mol. The summed E-state index contributed by atoms with van der Waals surface area (Å²) in [4.78, 5) is 0. The van der Waals surface area contributed by atoms with Gasteiger partial charge >= 0.3 is 7.80 Å². The molecule has 1 unspecified atom stereocenters. The van der Waals surface area contributed by atoms with Gasteiger partial charge in [0.05, 0.1) is 6.10 Å². The highest BCUT2D eigenvalue weighted by Crippen LogP contribution is 2.41. The molecule has 170 valence electrons. The molecule has 1 fully saturated rings. The van der Waals surface area contributed by atoms with Crippen LogP contribution in [0.3, 0.4) is 0 Å². The van der Waals surface area contributed by atoms with Gasteiger partial charge in [-0.15, -0.1) is 0 Å². The number of hydrogen-bond donors (Lipinski definition) is 0. The van der Waals surface area contributed by atoms with Crippen molar-refractivity contribution in [3.63, 3.8) is 0 Å². The van der Waals surface area contributed by atoms with Crippen LogP contribution in [0.5, 0.6) is 0 Å². The number of hydrogen-bond acceptors (Lipinski definition) is 2. The molecule has 0 saturated heterocycles. The lowest BCUT2D eigenvalue weighted by molar-refractivity contribution is 0.131. The van der Waals surface area contributed by atoms with E-state index in [1.165, 1.54) is 0 Å². The van der Waals surface area contributed by atoms with Crippen molar-refractivity contribution < 1.29 is 13.4 Å². The van der Waals surface area contributed by atoms with E-state index in [2.05, 4.69) is 46.5 Å². The van der Waals surface area contributed by atoms with Crippen LogP contribution < -0.4 is 10.6 Å². The highest BCUT2D eigenvalue weighted by atomic mass is 31.1. The van der Waals surface area contributed by atoms with Crippen LogP contribution >= 0.6 is 7.80 Å². The van der Waals surface area contributed by atoms with Crippen LogP contribution in [-0.2, 0) is 15.4 Å². The van der Waals surface area contributed by atoms with E-state index in [4.69, 9.17) is 4.43 Å². The highest BCUT2D eigenvalue weighted by Gasteiger charge is 2.41. The first-order valence-corrected chi connectivity index (χ1v) is 15.5. The molecule has 32 heavy (non-hydrogen) atoms. The molecular weight excluding hydrogens is 434 g/mol. The van der Waals surface area contributed by atoms with E-state index in [1.807, 2.05) is 54.6 Å². The van der Waals surface area contributed by atoms with Crippen molar-refractivity contribution >= 4 is 26.7 Å². The van der Waals surface area contributed by atoms with Gasteiger partial charge in [0.25, 0.3) is 0 Å². The van der Waals surface area contributed by atoms with E-state index < -0.39 is 22.3 Å². The molecule has 0 aliphatic heterocycles. The molecule has 2 aromatic carbocycles. The molecule has 3 rings (SSSR count). The van der Waals surface area contributed by atoms with Gasteiger partial charge in [0.2, 0.25) is 0 Å². The fourth-order valence-electron chi connectivity index (χ4n) is 3.75. The lowest BCUT2D eigenvalue weighted by atomic mass is 9.86. The lowest BCUT2D eigenvalue weighted by Crippen LogP contribution is -2.45. The van der Waals surface area contributed by atoms with Gasteiger partial charge < -0.3 is 4.43 Å². The first kappa shape index (κ1) is 24.8. The van der Waals surface area contributed by atoms with Gasteiger partial charge in [0.1, 0.15) is 6.17 Å². The van der Waals surface area contributed by atoms with E-state index >= 15 is 0 Å². The van der Waals surface area contributed by atoms with Crippen molar-refractivity contribution in [1.82, 2.24) is 0 Å². The van der Waals surface area contributed by atoms with Gasteiger partial charge in [-0.2, -0.15) is 0 Å². The second-order valence-electron chi connectivity index (χ2n) is 10.1. The standard InChI is InChI=1S/C27H35FO2PSi/c1-20-22(18-23(19-25(20)28)30-32(5,6)27(2,3)4)17-16-21-12-10-11-15-26(21)31(29)24-13-8-7-9-14-24/h7-15,17,23,25H,1,16,18-19H2,2-6H3/q+1/t23-,25+/m1/s1. The summed E-state index contributed by atoms with van der Waals surface area (Å²) in [5.74, 6) is 0. The minimum Gasteiger partial charge on any atom is -0.413 e. The number of benzene rings is 2. The Labute approximate surface area is 194 Å². The molecular formula is C27H35FO2PSi+. The van der Waals surface area contributed by atoms with E-state index in [1.54, 1.807) is 0 Å². The van der Waals surface area contributed by atoms with Crippen molar-refractivity contribution in [1.29, 1.82) is 0 Å². The molecule has 0 heterocycles. The van der Waals surface area contributed by atoms with Gasteiger partial charge in [0.15, 0.2) is 18.9 Å². The number of alkyl halides is 1. The van der Waals surface area contributed by atoms with E-state index in [9.17, 15) is 8.96 Å². The molecule has 0 amide bonds. The Bertz CT molecular complexity index is 1010. The Hall–Kier alpha value is -1.87. The lowest BCUT2D eigenvalue weighted by Gasteiger charge is -2.41. The maximum atomic E-state index is 14.9. The second-order valence-corrected chi connectivity index (χ2v) is 16.5. The summed E-state index contributed by atoms with van der Waals surface area (Å²) >= 11 is 0. The summed E-state index contributed by atoms with van der Waals surface area (Å²) in [5.41, 5.74) is 2.49. The average Bonchev–Trinajstić information content (AvgIpc) is 2.74. The Balaban J connectivity index is 1.81. The van der Waals surface area contributed by atoms with Gasteiger partial charge in [-0.25, -0.2) is 4.39 Å².